The molecule has 0 amide bonds. The summed E-state index contributed by atoms with van der Waals surface area (Å²) in [6.07, 6.45) is 6.26. The molecule has 134 valence electrons. The van der Waals surface area contributed by atoms with Gasteiger partial charge in [-0.2, -0.15) is 0 Å². The van der Waals surface area contributed by atoms with E-state index in [1.54, 1.807) is 0 Å². The van der Waals surface area contributed by atoms with Crippen molar-refractivity contribution in [2.45, 2.75) is 39.1 Å². The van der Waals surface area contributed by atoms with E-state index >= 15 is 0 Å². The molecule has 0 atom stereocenters. The quantitative estimate of drug-likeness (QED) is 0.495. The summed E-state index contributed by atoms with van der Waals surface area (Å²) < 4.78 is 4.49. The van der Waals surface area contributed by atoms with E-state index in [0.717, 1.165) is 47.8 Å². The molecule has 0 bridgehead atoms. The molecule has 0 radical (unpaired) electrons. The molecule has 0 saturated heterocycles. The number of para-hydroxylation sites is 2. The van der Waals surface area contributed by atoms with E-state index in [0.29, 0.717) is 0 Å². The molecule has 4 nitrogen and oxygen atoms in total. The van der Waals surface area contributed by atoms with Gasteiger partial charge in [0.15, 0.2) is 0 Å². The van der Waals surface area contributed by atoms with E-state index in [-0.39, 0.29) is 13.2 Å². The van der Waals surface area contributed by atoms with Gasteiger partial charge in [0.25, 0.3) is 0 Å². The van der Waals surface area contributed by atoms with Crippen molar-refractivity contribution in [3.05, 3.63) is 72.1 Å². The Labute approximate surface area is 152 Å². The van der Waals surface area contributed by atoms with Gasteiger partial charge in [0.1, 0.15) is 0 Å². The van der Waals surface area contributed by atoms with Gasteiger partial charge in [-0.05, 0) is 25.0 Å². The Balaban J connectivity index is 1.45. The number of aliphatic hydroxyl groups is 2. The highest BCUT2D eigenvalue weighted by molar-refractivity contribution is 5.84. The second-order valence-electron chi connectivity index (χ2n) is 6.75. The van der Waals surface area contributed by atoms with Gasteiger partial charge in [0.2, 0.25) is 0 Å². The van der Waals surface area contributed by atoms with E-state index < -0.39 is 0 Å². The van der Waals surface area contributed by atoms with Crippen LogP contribution < -0.4 is 0 Å². The number of hydrogen-bond donors (Lipinski definition) is 2. The highest BCUT2D eigenvalue weighted by Gasteiger charge is 2.08. The average Bonchev–Trinajstić information content (AvgIpc) is 3.23. The fraction of sp³-hybridized carbons (Fsp3) is 0.273. The fourth-order valence-corrected chi connectivity index (χ4v) is 3.83. The molecule has 0 aliphatic rings. The zero-order valence-electron chi connectivity index (χ0n) is 14.8. The molecule has 0 unspecified atom stereocenters. The van der Waals surface area contributed by atoms with Gasteiger partial charge >= 0.3 is 0 Å². The van der Waals surface area contributed by atoms with Gasteiger partial charge in [-0.25, -0.2) is 0 Å². The molecular formula is C22H24N2O2. The number of aryl methyl sites for hydroxylation is 2. The molecular weight excluding hydrogens is 324 g/mol. The second kappa shape index (κ2) is 7.36. The predicted octanol–water partition coefficient (Wildman–Crippen LogP) is 4.06. The minimum Gasteiger partial charge on any atom is -0.392 e. The summed E-state index contributed by atoms with van der Waals surface area (Å²) in [7, 11) is 0. The molecule has 0 saturated carbocycles. The maximum absolute atomic E-state index is 9.56. The number of aromatic nitrogens is 2. The van der Waals surface area contributed by atoms with Crippen molar-refractivity contribution in [2.75, 3.05) is 0 Å². The molecule has 0 fully saturated rings. The number of rotatable bonds is 7. The van der Waals surface area contributed by atoms with Crippen LogP contribution >= 0.6 is 0 Å². The first-order valence-corrected chi connectivity index (χ1v) is 9.17. The standard InChI is InChI=1S/C22H24N2O2/c25-15-17-13-23(21-9-3-1-7-19(17)21)11-5-6-12-24-14-18(16-26)20-8-2-4-10-22(20)24/h1-4,7-10,13-14,25-26H,5-6,11-12,15-16H2. The highest BCUT2D eigenvalue weighted by atomic mass is 16.3. The minimum atomic E-state index is 0.0762. The lowest BCUT2D eigenvalue weighted by molar-refractivity contribution is 0.282. The lowest BCUT2D eigenvalue weighted by Gasteiger charge is -2.07. The van der Waals surface area contributed by atoms with Crippen molar-refractivity contribution >= 4 is 21.8 Å². The molecule has 2 heterocycles. The number of hydrogen-bond acceptors (Lipinski definition) is 2. The van der Waals surface area contributed by atoms with Crippen LogP contribution in [0.5, 0.6) is 0 Å². The van der Waals surface area contributed by atoms with Crippen LogP contribution in [0.4, 0.5) is 0 Å². The second-order valence-corrected chi connectivity index (χ2v) is 6.75. The largest absolute Gasteiger partial charge is 0.392 e. The maximum atomic E-state index is 9.56. The average molecular weight is 348 g/mol. The minimum absolute atomic E-state index is 0.0762. The van der Waals surface area contributed by atoms with E-state index in [1.807, 2.05) is 24.3 Å². The lowest BCUT2D eigenvalue weighted by atomic mass is 10.2. The third-order valence-electron chi connectivity index (χ3n) is 5.13. The van der Waals surface area contributed by atoms with Crippen molar-refractivity contribution in [3.63, 3.8) is 0 Å². The normalized spacial score (nSPS) is 11.6. The number of nitrogens with zero attached hydrogens (tertiary/aromatic N) is 2. The monoisotopic (exact) mass is 348 g/mol. The third kappa shape index (κ3) is 3.02. The molecule has 0 aliphatic carbocycles. The van der Waals surface area contributed by atoms with Gasteiger partial charge < -0.3 is 19.3 Å². The van der Waals surface area contributed by atoms with Crippen LogP contribution in [-0.2, 0) is 26.3 Å². The highest BCUT2D eigenvalue weighted by Crippen LogP contribution is 2.23. The zero-order valence-corrected chi connectivity index (χ0v) is 14.8. The first-order chi connectivity index (χ1) is 12.8. The third-order valence-corrected chi connectivity index (χ3v) is 5.13. The SMILES string of the molecule is OCc1cn(CCCCn2cc(CO)c3ccccc32)c2ccccc12. The number of unbranched alkanes of at least 4 members (excludes halogenated alkanes) is 1. The first-order valence-electron chi connectivity index (χ1n) is 9.17. The van der Waals surface area contributed by atoms with Crippen molar-refractivity contribution in [2.24, 2.45) is 0 Å². The molecule has 4 heteroatoms. The first kappa shape index (κ1) is 16.9. The van der Waals surface area contributed by atoms with Gasteiger partial charge in [0.05, 0.1) is 13.2 Å². The van der Waals surface area contributed by atoms with E-state index in [1.165, 1.54) is 11.0 Å². The topological polar surface area (TPSA) is 50.3 Å². The van der Waals surface area contributed by atoms with Crippen molar-refractivity contribution in [1.29, 1.82) is 0 Å². The number of benzene rings is 2. The predicted molar refractivity (Wildman–Crippen MR) is 105 cm³/mol. The Kier molecular flexibility index (Phi) is 4.78. The fourth-order valence-electron chi connectivity index (χ4n) is 3.83. The van der Waals surface area contributed by atoms with Crippen LogP contribution in [-0.4, -0.2) is 19.3 Å². The van der Waals surface area contributed by atoms with Crippen molar-refractivity contribution in [1.82, 2.24) is 9.13 Å². The Bertz CT molecular complexity index is 945. The summed E-state index contributed by atoms with van der Waals surface area (Å²) in [5.74, 6) is 0. The Morgan fingerprint density at radius 2 is 1.04 bits per heavy atom. The van der Waals surface area contributed by atoms with Gasteiger partial charge in [-0.1, -0.05) is 36.4 Å². The summed E-state index contributed by atoms with van der Waals surface area (Å²) in [4.78, 5) is 0. The molecule has 4 rings (SSSR count). The van der Waals surface area contributed by atoms with Gasteiger partial charge in [0, 0.05) is 58.4 Å². The molecule has 4 aromatic rings. The lowest BCUT2D eigenvalue weighted by Crippen LogP contribution is -2.00. The van der Waals surface area contributed by atoms with E-state index in [2.05, 4.69) is 45.8 Å². The Morgan fingerprint density at radius 3 is 1.46 bits per heavy atom. The molecule has 2 N–H and O–H groups in total. The summed E-state index contributed by atoms with van der Waals surface area (Å²) in [5.41, 5.74) is 4.35. The molecule has 2 aromatic heterocycles. The van der Waals surface area contributed by atoms with Crippen molar-refractivity contribution < 1.29 is 10.2 Å². The van der Waals surface area contributed by atoms with E-state index in [4.69, 9.17) is 0 Å². The summed E-state index contributed by atoms with van der Waals surface area (Å²) in [6.45, 7) is 2.03. The summed E-state index contributed by atoms with van der Waals surface area (Å²) >= 11 is 0. The summed E-state index contributed by atoms with van der Waals surface area (Å²) in [6, 6.07) is 16.5. The molecule has 26 heavy (non-hydrogen) atoms. The van der Waals surface area contributed by atoms with E-state index in [9.17, 15) is 10.2 Å². The Hall–Kier alpha value is -2.56. The van der Waals surface area contributed by atoms with Crippen LogP contribution in [0.15, 0.2) is 60.9 Å². The van der Waals surface area contributed by atoms with Gasteiger partial charge in [-0.15, -0.1) is 0 Å². The van der Waals surface area contributed by atoms with Crippen LogP contribution in [0.3, 0.4) is 0 Å². The molecule has 0 spiro atoms. The number of fused-ring (bicyclic) bond motifs is 2. The Morgan fingerprint density at radius 1 is 0.615 bits per heavy atom. The van der Waals surface area contributed by atoms with Crippen LogP contribution in [0, 0.1) is 0 Å². The smallest absolute Gasteiger partial charge is 0.0702 e. The summed E-state index contributed by atoms with van der Waals surface area (Å²) in [5, 5.41) is 21.4. The van der Waals surface area contributed by atoms with Crippen LogP contribution in [0.25, 0.3) is 21.8 Å². The van der Waals surface area contributed by atoms with Crippen molar-refractivity contribution in [3.8, 4) is 0 Å². The molecule has 0 aliphatic heterocycles. The van der Waals surface area contributed by atoms with Crippen LogP contribution in [0.2, 0.25) is 0 Å². The maximum Gasteiger partial charge on any atom is 0.0702 e. The zero-order chi connectivity index (χ0) is 17.9. The van der Waals surface area contributed by atoms with Gasteiger partial charge in [-0.3, -0.25) is 0 Å². The number of aliphatic hydroxyl groups excluding tert-OH is 2. The van der Waals surface area contributed by atoms with Crippen LogP contribution in [0.1, 0.15) is 24.0 Å². The molecule has 2 aromatic carbocycles.